The Kier molecular flexibility index (Phi) is 14.6. The quantitative estimate of drug-likeness (QED) is 0.127. The number of rotatable bonds is 20. The van der Waals surface area contributed by atoms with Crippen LogP contribution in [0.25, 0.3) is 0 Å². The highest BCUT2D eigenvalue weighted by molar-refractivity contribution is 6.60. The molecule has 0 amide bonds. The second-order valence-electron chi connectivity index (χ2n) is 11.1. The lowest BCUT2D eigenvalue weighted by Gasteiger charge is -2.35. The number of hydrogen-bond donors (Lipinski definition) is 0. The number of para-hydroxylation sites is 4. The van der Waals surface area contributed by atoms with Gasteiger partial charge in [0.1, 0.15) is 0 Å². The van der Waals surface area contributed by atoms with E-state index in [1.165, 1.54) is 0 Å². The first-order valence-corrected chi connectivity index (χ1v) is 20.5. The minimum absolute atomic E-state index is 0.0852. The van der Waals surface area contributed by atoms with Gasteiger partial charge >= 0.3 is 0 Å². The van der Waals surface area contributed by atoms with E-state index < -0.39 is 0 Å². The van der Waals surface area contributed by atoms with Gasteiger partial charge in [-0.05, 0) is 50.4 Å². The minimum atomic E-state index is -0.0852. The molecule has 0 aromatic heterocycles. The molecule has 4 rings (SSSR count). The third kappa shape index (κ3) is 9.24. The molecule has 0 unspecified atom stereocenters. The van der Waals surface area contributed by atoms with E-state index in [9.17, 15) is 0 Å². The van der Waals surface area contributed by atoms with Gasteiger partial charge in [-0.1, -0.05) is 72.7 Å². The molecular weight excluding hydrogens is 685 g/mol. The third-order valence-electron chi connectivity index (χ3n) is 8.23. The van der Waals surface area contributed by atoms with Crippen LogP contribution in [0.1, 0.15) is 0 Å². The predicted octanol–water partition coefficient (Wildman–Crippen LogP) is 3.83. The van der Waals surface area contributed by atoms with Crippen molar-refractivity contribution < 1.29 is 37.9 Å². The van der Waals surface area contributed by atoms with Gasteiger partial charge in [-0.15, -0.1) is 0 Å². The van der Waals surface area contributed by atoms with E-state index in [4.69, 9.17) is 37.9 Å². The molecule has 8 radical (unpaired) electrons. The Morgan fingerprint density at radius 1 is 0.347 bits per heavy atom. The Balaban J connectivity index is 1.80. The Morgan fingerprint density at radius 2 is 0.571 bits per heavy atom. The van der Waals surface area contributed by atoms with Crippen molar-refractivity contribution in [2.75, 3.05) is 56.9 Å². The molecule has 0 spiro atoms. The molecule has 0 aliphatic carbocycles. The van der Waals surface area contributed by atoms with Crippen LogP contribution in [0, 0.1) is 5.41 Å². The summed E-state index contributed by atoms with van der Waals surface area (Å²) in [6.07, 6.45) is 0. The minimum Gasteiger partial charge on any atom is -0.493 e. The number of ether oxygens (including phenoxy) is 8. The summed E-state index contributed by atoms with van der Waals surface area (Å²) in [4.78, 5) is 0. The van der Waals surface area contributed by atoms with Crippen LogP contribution >= 0.6 is 0 Å². The molecule has 0 N–H and O–H groups in total. The van der Waals surface area contributed by atoms with Crippen molar-refractivity contribution in [1.82, 2.24) is 0 Å². The van der Waals surface area contributed by atoms with E-state index in [2.05, 4.69) is 24.3 Å². The molecule has 0 bridgehead atoms. The number of methoxy groups -OCH3 is 8. The van der Waals surface area contributed by atoms with E-state index >= 15 is 0 Å². The van der Waals surface area contributed by atoms with E-state index in [0.29, 0.717) is 38.1 Å². The molecule has 4 aromatic carbocycles. The van der Waals surface area contributed by atoms with Gasteiger partial charge in [0.15, 0.2) is 46.0 Å². The second kappa shape index (κ2) is 18.8. The lowest BCUT2D eigenvalue weighted by atomic mass is 9.98. The molecule has 8 nitrogen and oxygen atoms in total. The fourth-order valence-electron chi connectivity index (χ4n) is 5.61. The average molecular weight is 729 g/mol. The summed E-state index contributed by atoms with van der Waals surface area (Å²) in [6.45, 7) is 0. The van der Waals surface area contributed by atoms with E-state index in [-0.39, 0.29) is 5.41 Å². The highest BCUT2D eigenvalue weighted by Crippen LogP contribution is 2.39. The summed E-state index contributed by atoms with van der Waals surface area (Å²) in [5.41, 5.74) is -0.0852. The maximum atomic E-state index is 5.88. The average Bonchev–Trinajstić information content (AvgIpc) is 3.16. The van der Waals surface area contributed by atoms with Gasteiger partial charge in [0.05, 0.1) is 95.0 Å². The first-order valence-electron chi connectivity index (χ1n) is 15.7. The summed E-state index contributed by atoms with van der Waals surface area (Å²) >= 11 is 0. The molecule has 4 aromatic rings. The third-order valence-corrected chi connectivity index (χ3v) is 15.0. The molecule has 0 atom stereocenters. The van der Waals surface area contributed by atoms with Gasteiger partial charge in [-0.25, -0.2) is 0 Å². The Bertz CT molecular complexity index is 1410. The van der Waals surface area contributed by atoms with Crippen LogP contribution in [0.4, 0.5) is 0 Å². The van der Waals surface area contributed by atoms with Crippen LogP contribution in [0.15, 0.2) is 72.8 Å². The number of benzene rings is 4. The summed E-state index contributed by atoms with van der Waals surface area (Å²) in [7, 11) is 15.5. The summed E-state index contributed by atoms with van der Waals surface area (Å²) in [6, 6.07) is 28.4. The summed E-state index contributed by atoms with van der Waals surface area (Å²) in [5, 5.41) is 4.60. The van der Waals surface area contributed by atoms with Crippen LogP contribution in [0.5, 0.6) is 46.0 Å². The lowest BCUT2D eigenvalue weighted by molar-refractivity contribution is 0.357. The van der Waals surface area contributed by atoms with Gasteiger partial charge in [0, 0.05) is 0 Å². The number of hydrogen-bond acceptors (Lipinski definition) is 8. The van der Waals surface area contributed by atoms with Crippen molar-refractivity contribution in [3.8, 4) is 46.0 Å². The van der Waals surface area contributed by atoms with Gasteiger partial charge in [-0.2, -0.15) is 0 Å². The van der Waals surface area contributed by atoms with Gasteiger partial charge in [0.25, 0.3) is 0 Å². The molecule has 256 valence electrons. The van der Waals surface area contributed by atoms with Crippen LogP contribution < -0.4 is 58.6 Å². The van der Waals surface area contributed by atoms with Crippen molar-refractivity contribution in [2.24, 2.45) is 5.41 Å². The van der Waals surface area contributed by atoms with E-state index in [1.54, 1.807) is 56.9 Å². The molecule has 0 fully saturated rings. The van der Waals surface area contributed by atoms with Crippen molar-refractivity contribution in [1.29, 1.82) is 0 Å². The van der Waals surface area contributed by atoms with Gasteiger partial charge in [0.2, 0.25) is 0 Å². The van der Waals surface area contributed by atoms with Crippen LogP contribution in [0.2, 0.25) is 24.2 Å². The van der Waals surface area contributed by atoms with Gasteiger partial charge < -0.3 is 37.9 Å². The topological polar surface area (TPSA) is 73.8 Å². The van der Waals surface area contributed by atoms with Crippen LogP contribution in [0.3, 0.4) is 0 Å². The molecule has 49 heavy (non-hydrogen) atoms. The maximum Gasteiger partial charge on any atom is 0.160 e. The zero-order valence-corrected chi connectivity index (χ0v) is 33.5. The van der Waals surface area contributed by atoms with Gasteiger partial charge in [-0.3, -0.25) is 0 Å². The van der Waals surface area contributed by atoms with E-state index in [0.717, 1.165) is 90.9 Å². The fraction of sp³-hybridized carbons (Fsp3) is 0.351. The molecular formula is C37H44O8Si4. The Hall–Kier alpha value is -3.85. The standard InChI is InChI=1S/C37H44O8Si4/c1-38-25-13-9-17-29(33(25)42-5)46-21-37(22-47-30-18-10-14-26(39-2)34(30)43-6,23-48-31-19-11-15-27(40-3)35(31)44-7)24-49-32-20-12-16-28(41-4)36(32)45-8/h9-20H,21-24H2,1-8H3. The Labute approximate surface area is 301 Å². The molecule has 0 heterocycles. The second-order valence-corrected chi connectivity index (χ2v) is 16.1. The smallest absolute Gasteiger partial charge is 0.160 e. The molecule has 0 saturated heterocycles. The highest BCUT2D eigenvalue weighted by Gasteiger charge is 2.33. The fourth-order valence-corrected chi connectivity index (χ4v) is 13.3. The van der Waals surface area contributed by atoms with Crippen LogP contribution in [-0.2, 0) is 0 Å². The Morgan fingerprint density at radius 3 is 0.755 bits per heavy atom. The van der Waals surface area contributed by atoms with Crippen molar-refractivity contribution in [3.05, 3.63) is 72.8 Å². The maximum absolute atomic E-state index is 5.88. The van der Waals surface area contributed by atoms with Crippen molar-refractivity contribution in [3.63, 3.8) is 0 Å². The zero-order valence-electron chi connectivity index (χ0n) is 29.5. The molecule has 0 aliphatic rings. The SMILES string of the molecule is COc1cccc([Si]CC(C[Si]c2cccc(OC)c2OC)(C[Si]c2cccc(OC)c2OC)C[Si]c2cccc(OC)c2OC)c1OC. The largest absolute Gasteiger partial charge is 0.493 e. The van der Waals surface area contributed by atoms with E-state index in [1.807, 2.05) is 48.5 Å². The summed E-state index contributed by atoms with van der Waals surface area (Å²) in [5.74, 6) is 6.15. The van der Waals surface area contributed by atoms with Crippen molar-refractivity contribution >= 4 is 58.8 Å². The molecule has 0 saturated carbocycles. The first kappa shape index (κ1) is 38.0. The predicted molar refractivity (Wildman–Crippen MR) is 201 cm³/mol. The first-order chi connectivity index (χ1) is 23.9. The summed E-state index contributed by atoms with van der Waals surface area (Å²) < 4.78 is 46.2. The molecule has 0 aliphatic heterocycles. The highest BCUT2D eigenvalue weighted by atomic mass is 28.2. The normalized spacial score (nSPS) is 11.1. The van der Waals surface area contributed by atoms with Crippen LogP contribution in [-0.4, -0.2) is 95.0 Å². The molecule has 12 heteroatoms. The zero-order chi connectivity index (χ0) is 35.2. The monoisotopic (exact) mass is 728 g/mol. The lowest BCUT2D eigenvalue weighted by Crippen LogP contribution is -2.37. The van der Waals surface area contributed by atoms with Crippen molar-refractivity contribution in [2.45, 2.75) is 24.2 Å².